The van der Waals surface area contributed by atoms with E-state index in [1.165, 1.54) is 6.07 Å². The van der Waals surface area contributed by atoms with Gasteiger partial charge >= 0.3 is 0 Å². The number of halogens is 2. The molecule has 0 aliphatic carbocycles. The first-order chi connectivity index (χ1) is 13.5. The first kappa shape index (κ1) is 19.0. The first-order valence-electron chi connectivity index (χ1n) is 8.86. The zero-order chi connectivity index (χ0) is 19.7. The van der Waals surface area contributed by atoms with Crippen molar-refractivity contribution in [2.45, 2.75) is 25.8 Å². The summed E-state index contributed by atoms with van der Waals surface area (Å²) >= 11 is 2.07. The standard InChI is InChI=1S/C20H17FIN3O3/c21-17-9-14(22)4-3-11(17)6-12-7-15-13(10-23-19(15)27)8-16(12)20-25-24-18(28-20)2-1-5-26/h3-4,7-9,26H,1-2,5-6,10H2,(H,23,27). The van der Waals surface area contributed by atoms with Gasteiger partial charge in [-0.3, -0.25) is 4.79 Å². The second-order valence-corrected chi connectivity index (χ2v) is 7.84. The van der Waals surface area contributed by atoms with E-state index < -0.39 is 0 Å². The van der Waals surface area contributed by atoms with E-state index in [1.54, 1.807) is 12.1 Å². The molecule has 1 aliphatic rings. The molecule has 0 saturated heterocycles. The van der Waals surface area contributed by atoms with Gasteiger partial charge in [-0.2, -0.15) is 0 Å². The van der Waals surface area contributed by atoms with Gasteiger partial charge in [0.25, 0.3) is 5.91 Å². The Bertz CT molecular complexity index is 1050. The number of nitrogens with zero attached hydrogens (tertiary/aromatic N) is 2. The highest BCUT2D eigenvalue weighted by atomic mass is 127. The minimum atomic E-state index is -0.294. The van der Waals surface area contributed by atoms with Crippen LogP contribution in [-0.4, -0.2) is 27.8 Å². The lowest BCUT2D eigenvalue weighted by atomic mass is 9.94. The van der Waals surface area contributed by atoms with Gasteiger partial charge in [-0.05, 0) is 70.0 Å². The van der Waals surface area contributed by atoms with Crippen molar-refractivity contribution < 1.29 is 18.7 Å². The number of amides is 1. The van der Waals surface area contributed by atoms with Crippen LogP contribution in [0.4, 0.5) is 4.39 Å². The summed E-state index contributed by atoms with van der Waals surface area (Å²) in [5, 5.41) is 19.9. The lowest BCUT2D eigenvalue weighted by Gasteiger charge is -2.10. The summed E-state index contributed by atoms with van der Waals surface area (Å²) < 4.78 is 21.0. The minimum absolute atomic E-state index is 0.0433. The predicted molar refractivity (Wildman–Crippen MR) is 108 cm³/mol. The molecular formula is C20H17FIN3O3. The fraction of sp³-hybridized carbons (Fsp3) is 0.250. The third kappa shape index (κ3) is 3.79. The number of hydrogen-bond donors (Lipinski definition) is 2. The number of carbonyl (C=O) groups excluding carboxylic acids is 1. The van der Waals surface area contributed by atoms with Gasteiger partial charge in [-0.1, -0.05) is 6.07 Å². The fourth-order valence-electron chi connectivity index (χ4n) is 3.23. The van der Waals surface area contributed by atoms with Gasteiger partial charge in [-0.25, -0.2) is 4.39 Å². The fourth-order valence-corrected chi connectivity index (χ4v) is 3.68. The Balaban J connectivity index is 1.76. The molecule has 28 heavy (non-hydrogen) atoms. The summed E-state index contributed by atoms with van der Waals surface area (Å²) in [7, 11) is 0. The molecule has 0 fully saturated rings. The summed E-state index contributed by atoms with van der Waals surface area (Å²) in [6, 6.07) is 8.71. The quantitative estimate of drug-likeness (QED) is 0.515. The van der Waals surface area contributed by atoms with Gasteiger partial charge in [0.2, 0.25) is 11.8 Å². The number of nitrogens with one attached hydrogen (secondary N) is 1. The molecule has 8 heteroatoms. The first-order valence-corrected chi connectivity index (χ1v) is 9.94. The summed E-state index contributed by atoms with van der Waals surface area (Å²) in [5.74, 6) is 0.332. The Morgan fingerprint density at radius 2 is 2.04 bits per heavy atom. The molecule has 2 aromatic carbocycles. The molecule has 0 bridgehead atoms. The van der Waals surface area contributed by atoms with Crippen LogP contribution in [0.5, 0.6) is 0 Å². The van der Waals surface area contributed by atoms with Gasteiger partial charge < -0.3 is 14.8 Å². The summed E-state index contributed by atoms with van der Waals surface area (Å²) in [5.41, 5.74) is 3.40. The van der Waals surface area contributed by atoms with Crippen LogP contribution in [0.3, 0.4) is 0 Å². The van der Waals surface area contributed by atoms with Gasteiger partial charge in [0.1, 0.15) is 5.82 Å². The summed E-state index contributed by atoms with van der Waals surface area (Å²) in [6.07, 6.45) is 1.31. The number of aliphatic hydroxyl groups excluding tert-OH is 1. The number of aliphatic hydroxyl groups is 1. The van der Waals surface area contributed by atoms with Gasteiger partial charge in [0.05, 0.1) is 0 Å². The monoisotopic (exact) mass is 493 g/mol. The molecule has 144 valence electrons. The van der Waals surface area contributed by atoms with Crippen molar-refractivity contribution in [3.05, 3.63) is 67.9 Å². The normalized spacial score (nSPS) is 12.9. The van der Waals surface area contributed by atoms with Crippen molar-refractivity contribution >= 4 is 28.5 Å². The average molecular weight is 493 g/mol. The number of fused-ring (bicyclic) bond motifs is 1. The predicted octanol–water partition coefficient (Wildman–Crippen LogP) is 3.24. The lowest BCUT2D eigenvalue weighted by Crippen LogP contribution is -2.12. The Morgan fingerprint density at radius 1 is 1.18 bits per heavy atom. The lowest BCUT2D eigenvalue weighted by molar-refractivity contribution is 0.0965. The van der Waals surface area contributed by atoms with Crippen molar-refractivity contribution in [1.29, 1.82) is 0 Å². The molecule has 0 saturated carbocycles. The van der Waals surface area contributed by atoms with E-state index in [4.69, 9.17) is 9.52 Å². The maximum Gasteiger partial charge on any atom is 0.251 e. The van der Waals surface area contributed by atoms with Crippen molar-refractivity contribution in [2.24, 2.45) is 0 Å². The van der Waals surface area contributed by atoms with Crippen LogP contribution in [0.15, 0.2) is 34.7 Å². The second kappa shape index (κ2) is 7.96. The van der Waals surface area contributed by atoms with Crippen molar-refractivity contribution in [3.8, 4) is 11.5 Å². The highest BCUT2D eigenvalue weighted by Gasteiger charge is 2.24. The Kier molecular flexibility index (Phi) is 5.40. The SMILES string of the molecule is O=C1NCc2cc(-c3nnc(CCCO)o3)c(Cc3ccc(I)cc3F)cc21. The molecule has 1 aromatic heterocycles. The molecule has 0 radical (unpaired) electrons. The van der Waals surface area contributed by atoms with Crippen LogP contribution >= 0.6 is 22.6 Å². The maximum absolute atomic E-state index is 14.4. The number of rotatable bonds is 6. The zero-order valence-corrected chi connectivity index (χ0v) is 17.0. The number of hydrogen-bond acceptors (Lipinski definition) is 5. The minimum Gasteiger partial charge on any atom is -0.421 e. The van der Waals surface area contributed by atoms with E-state index in [2.05, 4.69) is 38.1 Å². The van der Waals surface area contributed by atoms with Crippen LogP contribution in [0.1, 0.15) is 39.4 Å². The van der Waals surface area contributed by atoms with E-state index in [-0.39, 0.29) is 18.3 Å². The number of aromatic nitrogens is 2. The van der Waals surface area contributed by atoms with Crippen LogP contribution in [-0.2, 0) is 19.4 Å². The van der Waals surface area contributed by atoms with E-state index in [1.807, 2.05) is 12.1 Å². The highest BCUT2D eigenvalue weighted by Crippen LogP contribution is 2.31. The van der Waals surface area contributed by atoms with Crippen molar-refractivity contribution in [2.75, 3.05) is 6.61 Å². The third-order valence-electron chi connectivity index (χ3n) is 4.66. The molecule has 4 rings (SSSR count). The number of aryl methyl sites for hydroxylation is 1. The Hall–Kier alpha value is -2.33. The molecule has 1 aliphatic heterocycles. The second-order valence-electron chi connectivity index (χ2n) is 6.59. The maximum atomic E-state index is 14.4. The highest BCUT2D eigenvalue weighted by molar-refractivity contribution is 14.1. The van der Waals surface area contributed by atoms with Crippen LogP contribution in [0.2, 0.25) is 0 Å². The van der Waals surface area contributed by atoms with E-state index >= 15 is 0 Å². The molecule has 2 N–H and O–H groups in total. The van der Waals surface area contributed by atoms with Crippen molar-refractivity contribution in [1.82, 2.24) is 15.5 Å². The third-order valence-corrected chi connectivity index (χ3v) is 5.33. The molecular weight excluding hydrogens is 476 g/mol. The van der Waals surface area contributed by atoms with Crippen LogP contribution < -0.4 is 5.32 Å². The van der Waals surface area contributed by atoms with Crippen molar-refractivity contribution in [3.63, 3.8) is 0 Å². The largest absolute Gasteiger partial charge is 0.421 e. The van der Waals surface area contributed by atoms with Crippen LogP contribution in [0.25, 0.3) is 11.5 Å². The van der Waals surface area contributed by atoms with E-state index in [0.29, 0.717) is 54.3 Å². The average Bonchev–Trinajstić information content (AvgIpc) is 3.29. The topological polar surface area (TPSA) is 88.2 Å². The van der Waals surface area contributed by atoms with Gasteiger partial charge in [-0.15, -0.1) is 10.2 Å². The van der Waals surface area contributed by atoms with Gasteiger partial charge in [0, 0.05) is 40.7 Å². The molecule has 1 amide bonds. The van der Waals surface area contributed by atoms with E-state index in [9.17, 15) is 9.18 Å². The zero-order valence-electron chi connectivity index (χ0n) is 14.8. The van der Waals surface area contributed by atoms with Gasteiger partial charge in [0.15, 0.2) is 0 Å². The smallest absolute Gasteiger partial charge is 0.251 e. The number of carbonyl (C=O) groups is 1. The molecule has 3 aromatic rings. The molecule has 0 unspecified atom stereocenters. The number of benzene rings is 2. The summed E-state index contributed by atoms with van der Waals surface area (Å²) in [4.78, 5) is 12.1. The molecule has 6 nitrogen and oxygen atoms in total. The molecule has 0 atom stereocenters. The molecule has 2 heterocycles. The Labute approximate surface area is 174 Å². The molecule has 0 spiro atoms. The van der Waals surface area contributed by atoms with Crippen LogP contribution in [0, 0.1) is 9.39 Å². The van der Waals surface area contributed by atoms with E-state index in [0.717, 1.165) is 14.7 Å². The Morgan fingerprint density at radius 3 is 2.82 bits per heavy atom. The summed E-state index contributed by atoms with van der Waals surface area (Å²) in [6.45, 7) is 0.479.